The van der Waals surface area contributed by atoms with Gasteiger partial charge < -0.3 is 24.7 Å². The number of benzene rings is 2. The van der Waals surface area contributed by atoms with E-state index in [1.54, 1.807) is 20.5 Å². The number of likely N-dealkylation sites (tertiary alicyclic amines) is 1. The number of carbonyl (C=O) groups excluding carboxylic acids is 2. The van der Waals surface area contributed by atoms with Crippen molar-refractivity contribution in [1.82, 2.24) is 20.2 Å². The summed E-state index contributed by atoms with van der Waals surface area (Å²) in [5.41, 5.74) is 3.37. The van der Waals surface area contributed by atoms with Gasteiger partial charge in [0.05, 0.1) is 31.6 Å². The van der Waals surface area contributed by atoms with Crippen molar-refractivity contribution in [3.05, 3.63) is 53.9 Å². The average molecular weight is 437 g/mol. The van der Waals surface area contributed by atoms with Crippen LogP contribution < -0.4 is 14.8 Å². The quantitative estimate of drug-likeness (QED) is 0.594. The van der Waals surface area contributed by atoms with Crippen LogP contribution in [0.2, 0.25) is 0 Å². The van der Waals surface area contributed by atoms with Crippen LogP contribution in [-0.2, 0) is 11.2 Å². The van der Waals surface area contributed by atoms with E-state index in [0.717, 1.165) is 29.4 Å². The van der Waals surface area contributed by atoms with E-state index in [-0.39, 0.29) is 17.9 Å². The zero-order valence-electron chi connectivity index (χ0n) is 18.4. The van der Waals surface area contributed by atoms with E-state index >= 15 is 0 Å². The topological polar surface area (TPSA) is 96.5 Å². The highest BCUT2D eigenvalue weighted by Crippen LogP contribution is 2.28. The van der Waals surface area contributed by atoms with Crippen LogP contribution in [0, 0.1) is 0 Å². The Morgan fingerprint density at radius 2 is 1.88 bits per heavy atom. The summed E-state index contributed by atoms with van der Waals surface area (Å²) in [5, 5.41) is 3.11. The number of hydrogen-bond acceptors (Lipinski definition) is 5. The lowest BCUT2D eigenvalue weighted by atomic mass is 10.0. The second kappa shape index (κ2) is 9.72. The molecule has 8 heteroatoms. The Labute approximate surface area is 186 Å². The molecule has 0 bridgehead atoms. The van der Waals surface area contributed by atoms with Gasteiger partial charge in [-0.1, -0.05) is 6.07 Å². The van der Waals surface area contributed by atoms with Gasteiger partial charge in [0, 0.05) is 31.1 Å². The largest absolute Gasteiger partial charge is 0.493 e. The number of fused-ring (bicyclic) bond motifs is 1. The van der Waals surface area contributed by atoms with Crippen LogP contribution in [0.3, 0.4) is 0 Å². The second-order valence-electron chi connectivity index (χ2n) is 7.96. The molecule has 1 aliphatic heterocycles. The number of carbonyl (C=O) groups is 2. The lowest BCUT2D eigenvalue weighted by Gasteiger charge is -2.32. The Bertz CT molecular complexity index is 1100. The summed E-state index contributed by atoms with van der Waals surface area (Å²) in [7, 11) is 3.20. The van der Waals surface area contributed by atoms with E-state index in [1.165, 1.54) is 0 Å². The number of nitrogens with zero attached hydrogens (tertiary/aromatic N) is 2. The maximum atomic E-state index is 12.8. The maximum Gasteiger partial charge on any atom is 0.253 e. The third-order valence-corrected chi connectivity index (χ3v) is 5.90. The van der Waals surface area contributed by atoms with Crippen LogP contribution >= 0.6 is 0 Å². The summed E-state index contributed by atoms with van der Waals surface area (Å²) in [6.45, 7) is 1.25. The summed E-state index contributed by atoms with van der Waals surface area (Å²) >= 11 is 0. The van der Waals surface area contributed by atoms with E-state index in [1.807, 2.05) is 41.3 Å². The fourth-order valence-corrected chi connectivity index (χ4v) is 4.07. The van der Waals surface area contributed by atoms with Crippen molar-refractivity contribution in [2.75, 3.05) is 27.3 Å². The van der Waals surface area contributed by atoms with Crippen molar-refractivity contribution in [2.45, 2.75) is 31.7 Å². The molecular weight excluding hydrogens is 408 g/mol. The number of nitrogens with one attached hydrogen (secondary N) is 2. The van der Waals surface area contributed by atoms with Crippen molar-refractivity contribution in [3.8, 4) is 11.5 Å². The molecule has 3 aromatic rings. The highest BCUT2D eigenvalue weighted by molar-refractivity contribution is 5.97. The van der Waals surface area contributed by atoms with Gasteiger partial charge in [-0.15, -0.1) is 0 Å². The first kappa shape index (κ1) is 21.7. The van der Waals surface area contributed by atoms with E-state index in [4.69, 9.17) is 9.47 Å². The standard InChI is InChI=1S/C24H28N4O4/c1-31-21-7-3-16(13-22(21)32-2)4-8-23(29)27-18-9-11-28(12-10-18)24(30)17-5-6-19-20(14-17)26-15-25-19/h3,5-7,13-15,18H,4,8-12H2,1-2H3,(H,25,26)(H,27,29). The van der Waals surface area contributed by atoms with Crippen molar-refractivity contribution in [2.24, 2.45) is 0 Å². The number of hydrogen-bond donors (Lipinski definition) is 2. The molecule has 1 fully saturated rings. The first-order valence-corrected chi connectivity index (χ1v) is 10.8. The molecule has 2 aromatic carbocycles. The summed E-state index contributed by atoms with van der Waals surface area (Å²) in [5.74, 6) is 1.37. The van der Waals surface area contributed by atoms with Crippen molar-refractivity contribution in [1.29, 1.82) is 0 Å². The molecule has 168 valence electrons. The van der Waals surface area contributed by atoms with E-state index < -0.39 is 0 Å². The fraction of sp³-hybridized carbons (Fsp3) is 0.375. The highest BCUT2D eigenvalue weighted by Gasteiger charge is 2.24. The molecule has 2 heterocycles. The first-order valence-electron chi connectivity index (χ1n) is 10.8. The van der Waals surface area contributed by atoms with Gasteiger partial charge in [0.15, 0.2) is 11.5 Å². The predicted octanol–water partition coefficient (Wildman–Crippen LogP) is 2.93. The van der Waals surface area contributed by atoms with Crippen LogP contribution in [0.4, 0.5) is 0 Å². The van der Waals surface area contributed by atoms with E-state index in [0.29, 0.717) is 43.0 Å². The SMILES string of the molecule is COc1ccc(CCC(=O)NC2CCN(C(=O)c3ccc4nc[nH]c4c3)CC2)cc1OC. The number of aromatic nitrogens is 2. The summed E-state index contributed by atoms with van der Waals surface area (Å²) < 4.78 is 10.6. The number of rotatable bonds is 7. The Balaban J connectivity index is 1.24. The minimum absolute atomic E-state index is 0.0136. The monoisotopic (exact) mass is 436 g/mol. The van der Waals surface area contributed by atoms with Crippen LogP contribution in [0.15, 0.2) is 42.7 Å². The molecule has 8 nitrogen and oxygen atoms in total. The van der Waals surface area contributed by atoms with Crippen molar-refractivity contribution < 1.29 is 19.1 Å². The molecule has 0 saturated carbocycles. The number of H-pyrrole nitrogens is 1. The molecule has 2 amide bonds. The van der Waals surface area contributed by atoms with Gasteiger partial charge in [-0.3, -0.25) is 9.59 Å². The molecular formula is C24H28N4O4. The minimum atomic E-state index is 0.0136. The summed E-state index contributed by atoms with van der Waals surface area (Å²) in [6, 6.07) is 11.3. The number of aryl methyl sites for hydroxylation is 1. The average Bonchev–Trinajstić information content (AvgIpc) is 3.30. The molecule has 2 N–H and O–H groups in total. The third-order valence-electron chi connectivity index (χ3n) is 5.90. The Morgan fingerprint density at radius 1 is 1.09 bits per heavy atom. The van der Waals surface area contributed by atoms with Gasteiger partial charge in [-0.2, -0.15) is 0 Å². The second-order valence-corrected chi connectivity index (χ2v) is 7.96. The molecule has 0 spiro atoms. The molecule has 32 heavy (non-hydrogen) atoms. The summed E-state index contributed by atoms with van der Waals surface area (Å²) in [4.78, 5) is 34.4. The lowest BCUT2D eigenvalue weighted by molar-refractivity contribution is -0.122. The smallest absolute Gasteiger partial charge is 0.253 e. The van der Waals surface area contributed by atoms with E-state index in [2.05, 4.69) is 15.3 Å². The van der Waals surface area contributed by atoms with Gasteiger partial charge in [-0.25, -0.2) is 4.98 Å². The fourth-order valence-electron chi connectivity index (χ4n) is 4.07. The number of imidazole rings is 1. The predicted molar refractivity (Wildman–Crippen MR) is 121 cm³/mol. The van der Waals surface area contributed by atoms with Crippen LogP contribution in [0.5, 0.6) is 11.5 Å². The molecule has 1 saturated heterocycles. The molecule has 0 radical (unpaired) electrons. The Morgan fingerprint density at radius 3 is 2.62 bits per heavy atom. The van der Waals surface area contributed by atoms with Gasteiger partial charge in [0.1, 0.15) is 0 Å². The summed E-state index contributed by atoms with van der Waals surface area (Å²) in [6.07, 6.45) is 4.15. The van der Waals surface area contributed by atoms with Crippen molar-refractivity contribution in [3.63, 3.8) is 0 Å². The van der Waals surface area contributed by atoms with Crippen LogP contribution in [-0.4, -0.2) is 60.0 Å². The van der Waals surface area contributed by atoms with Gasteiger partial charge >= 0.3 is 0 Å². The molecule has 0 unspecified atom stereocenters. The van der Waals surface area contributed by atoms with Gasteiger partial charge in [-0.05, 0) is 55.2 Å². The third kappa shape index (κ3) is 4.85. The molecule has 4 rings (SSSR count). The Kier molecular flexibility index (Phi) is 6.58. The van der Waals surface area contributed by atoms with Gasteiger partial charge in [0.25, 0.3) is 5.91 Å². The normalized spacial score (nSPS) is 14.4. The molecule has 1 aromatic heterocycles. The zero-order chi connectivity index (χ0) is 22.5. The first-order chi connectivity index (χ1) is 15.6. The van der Waals surface area contributed by atoms with Crippen molar-refractivity contribution >= 4 is 22.8 Å². The van der Waals surface area contributed by atoms with Crippen LogP contribution in [0.1, 0.15) is 35.2 Å². The minimum Gasteiger partial charge on any atom is -0.493 e. The Hall–Kier alpha value is -3.55. The van der Waals surface area contributed by atoms with Gasteiger partial charge in [0.2, 0.25) is 5.91 Å². The molecule has 0 aliphatic carbocycles. The number of aromatic amines is 1. The van der Waals surface area contributed by atoms with Crippen LogP contribution in [0.25, 0.3) is 11.0 Å². The molecule has 1 aliphatic rings. The molecule has 0 atom stereocenters. The van der Waals surface area contributed by atoms with E-state index in [9.17, 15) is 9.59 Å². The number of ether oxygens (including phenoxy) is 2. The zero-order valence-corrected chi connectivity index (χ0v) is 18.4. The number of piperidine rings is 1. The lowest BCUT2D eigenvalue weighted by Crippen LogP contribution is -2.46. The number of amides is 2. The highest BCUT2D eigenvalue weighted by atomic mass is 16.5. The maximum absolute atomic E-state index is 12.8. The number of methoxy groups -OCH3 is 2.